The van der Waals surface area contributed by atoms with E-state index in [4.69, 9.17) is 14.8 Å². The summed E-state index contributed by atoms with van der Waals surface area (Å²) in [4.78, 5) is 32.8. The molecule has 164 valence electrons. The van der Waals surface area contributed by atoms with Crippen LogP contribution in [-0.2, 0) is 7.05 Å². The smallest absolute Gasteiger partial charge is 0.218 e. The van der Waals surface area contributed by atoms with Crippen molar-refractivity contribution in [3.63, 3.8) is 0 Å². The minimum absolute atomic E-state index is 0.355. The van der Waals surface area contributed by atoms with Gasteiger partial charge in [-0.3, -0.25) is 9.78 Å². The zero-order valence-corrected chi connectivity index (χ0v) is 18.1. The monoisotopic (exact) mass is 441 g/mol. The van der Waals surface area contributed by atoms with Crippen LogP contribution in [0.1, 0.15) is 16.1 Å². The summed E-state index contributed by atoms with van der Waals surface area (Å²) in [6.07, 6.45) is 9.16. The number of nitrogens with zero attached hydrogens (tertiary/aromatic N) is 8. The molecule has 5 heterocycles. The van der Waals surface area contributed by atoms with Crippen LogP contribution in [0.15, 0.2) is 49.3 Å². The molecule has 0 amide bonds. The summed E-state index contributed by atoms with van der Waals surface area (Å²) in [5.74, 6) is 2.52. The Morgan fingerprint density at radius 1 is 1.12 bits per heavy atom. The van der Waals surface area contributed by atoms with Crippen LogP contribution in [0.25, 0.3) is 28.3 Å². The Hall–Kier alpha value is -4.67. The lowest BCUT2D eigenvalue weighted by atomic mass is 10.1. The number of carbonyl (C=O) groups is 1. The van der Waals surface area contributed by atoms with Crippen molar-refractivity contribution in [1.82, 2.24) is 39.1 Å². The highest BCUT2D eigenvalue weighted by Gasteiger charge is 2.19. The van der Waals surface area contributed by atoms with Gasteiger partial charge in [0.25, 0.3) is 0 Å². The molecule has 0 aromatic carbocycles. The number of hydrogen-bond acceptors (Lipinski definition) is 9. The highest BCUT2D eigenvalue weighted by molar-refractivity contribution is 5.86. The second kappa shape index (κ2) is 8.11. The molecule has 0 aliphatic rings. The molecule has 0 aliphatic heterocycles. The summed E-state index contributed by atoms with van der Waals surface area (Å²) in [6, 6.07) is 5.27. The summed E-state index contributed by atoms with van der Waals surface area (Å²) < 4.78 is 8.80. The fraction of sp³-hybridized carbons (Fsp3) is 0.136. The molecule has 11 nitrogen and oxygen atoms in total. The third-order valence-corrected chi connectivity index (χ3v) is 5.22. The summed E-state index contributed by atoms with van der Waals surface area (Å²) in [5, 5.41) is 7.97. The number of ether oxygens (including phenoxy) is 1. The Balaban J connectivity index is 1.72. The number of anilines is 2. The summed E-state index contributed by atoms with van der Waals surface area (Å²) in [6.45, 7) is 1.97. The number of methoxy groups -OCH3 is 1. The van der Waals surface area contributed by atoms with E-state index < -0.39 is 0 Å². The van der Waals surface area contributed by atoms with Gasteiger partial charge in [-0.1, -0.05) is 0 Å². The third-order valence-electron chi connectivity index (χ3n) is 5.22. The molecule has 0 saturated carbocycles. The second-order valence-electron chi connectivity index (χ2n) is 7.26. The number of rotatable bonds is 6. The van der Waals surface area contributed by atoms with Crippen molar-refractivity contribution in [3.8, 4) is 28.7 Å². The van der Waals surface area contributed by atoms with Crippen LogP contribution in [0, 0.1) is 6.92 Å². The van der Waals surface area contributed by atoms with Gasteiger partial charge in [0.2, 0.25) is 11.7 Å². The molecule has 11 heteroatoms. The molecule has 0 fully saturated rings. The maximum absolute atomic E-state index is 11.2. The summed E-state index contributed by atoms with van der Waals surface area (Å²) in [5.41, 5.74) is 3.78. The quantitative estimate of drug-likeness (QED) is 0.396. The molecule has 0 bridgehead atoms. The first kappa shape index (κ1) is 20.2. The minimum atomic E-state index is 0.355. The van der Waals surface area contributed by atoms with Crippen molar-refractivity contribution in [2.45, 2.75) is 6.92 Å². The summed E-state index contributed by atoms with van der Waals surface area (Å²) >= 11 is 0. The van der Waals surface area contributed by atoms with E-state index in [0.717, 1.165) is 28.5 Å². The standard InChI is InChI=1S/C22H19N9O2/c1-13-16(14-4-5-23-15(8-14)11-32)10-31-19(13)20(27-17-9-18(33-3)26-12-25-17)28-21(29-31)22-24-6-7-30(22)2/h4-12H,1-3H3,(H,25,26,27,28,29). The number of aromatic nitrogens is 8. The number of carbonyl (C=O) groups excluding carboxylic acids is 1. The molecule has 5 aromatic rings. The van der Waals surface area contributed by atoms with Crippen LogP contribution in [0.5, 0.6) is 5.88 Å². The Bertz CT molecular complexity index is 1490. The first-order valence-electron chi connectivity index (χ1n) is 9.99. The molecule has 0 unspecified atom stereocenters. The predicted octanol–water partition coefficient (Wildman–Crippen LogP) is 2.85. The van der Waals surface area contributed by atoms with Crippen LogP contribution >= 0.6 is 0 Å². The first-order chi connectivity index (χ1) is 16.1. The van der Waals surface area contributed by atoms with Crippen molar-refractivity contribution >= 4 is 23.4 Å². The van der Waals surface area contributed by atoms with E-state index in [-0.39, 0.29) is 0 Å². The lowest BCUT2D eigenvalue weighted by Crippen LogP contribution is -2.07. The van der Waals surface area contributed by atoms with E-state index in [1.165, 1.54) is 6.33 Å². The van der Waals surface area contributed by atoms with Crippen molar-refractivity contribution in [2.24, 2.45) is 7.05 Å². The number of fused-ring (bicyclic) bond motifs is 1. The molecule has 1 N–H and O–H groups in total. The van der Waals surface area contributed by atoms with Gasteiger partial charge in [-0.2, -0.15) is 0 Å². The first-order valence-corrected chi connectivity index (χ1v) is 9.99. The number of hydrogen-bond donors (Lipinski definition) is 1. The second-order valence-corrected chi connectivity index (χ2v) is 7.26. The van der Waals surface area contributed by atoms with Crippen LogP contribution in [0.4, 0.5) is 11.6 Å². The molecule has 0 spiro atoms. The topological polar surface area (TPSA) is 125 Å². The molecular formula is C22H19N9O2. The van der Waals surface area contributed by atoms with Gasteiger partial charge in [-0.15, -0.1) is 5.10 Å². The molecular weight excluding hydrogens is 422 g/mol. The molecule has 0 atom stereocenters. The molecule has 5 aromatic heterocycles. The van der Waals surface area contributed by atoms with Gasteiger partial charge in [-0.05, 0) is 30.2 Å². The van der Waals surface area contributed by atoms with Gasteiger partial charge in [0.05, 0.1) is 7.11 Å². The zero-order chi connectivity index (χ0) is 22.9. The van der Waals surface area contributed by atoms with Crippen molar-refractivity contribution in [2.75, 3.05) is 12.4 Å². The van der Waals surface area contributed by atoms with E-state index in [2.05, 4.69) is 25.3 Å². The Labute approximate surface area is 188 Å². The minimum Gasteiger partial charge on any atom is -0.481 e. The highest BCUT2D eigenvalue weighted by Crippen LogP contribution is 2.33. The Kier molecular flexibility index (Phi) is 4.98. The average Bonchev–Trinajstić information content (AvgIpc) is 3.42. The van der Waals surface area contributed by atoms with E-state index in [1.54, 1.807) is 36.2 Å². The highest BCUT2D eigenvalue weighted by atomic mass is 16.5. The third kappa shape index (κ3) is 3.65. The normalized spacial score (nSPS) is 11.0. The maximum Gasteiger partial charge on any atom is 0.218 e. The number of aldehydes is 1. The summed E-state index contributed by atoms with van der Waals surface area (Å²) in [7, 11) is 3.42. The van der Waals surface area contributed by atoms with E-state index in [9.17, 15) is 4.79 Å². The zero-order valence-electron chi connectivity index (χ0n) is 18.1. The molecule has 33 heavy (non-hydrogen) atoms. The number of imidazole rings is 1. The fourth-order valence-electron chi connectivity index (χ4n) is 3.61. The van der Waals surface area contributed by atoms with Gasteiger partial charge in [-0.25, -0.2) is 24.5 Å². The van der Waals surface area contributed by atoms with Gasteiger partial charge >= 0.3 is 0 Å². The van der Waals surface area contributed by atoms with Crippen molar-refractivity contribution < 1.29 is 9.53 Å². The predicted molar refractivity (Wildman–Crippen MR) is 120 cm³/mol. The Morgan fingerprint density at radius 3 is 2.76 bits per heavy atom. The molecule has 0 radical (unpaired) electrons. The van der Waals surface area contributed by atoms with Crippen molar-refractivity contribution in [1.29, 1.82) is 0 Å². The number of nitrogens with one attached hydrogen (secondary N) is 1. The van der Waals surface area contributed by atoms with Crippen molar-refractivity contribution in [3.05, 3.63) is 60.6 Å². The van der Waals surface area contributed by atoms with Crippen LogP contribution in [-0.4, -0.2) is 52.5 Å². The largest absolute Gasteiger partial charge is 0.481 e. The van der Waals surface area contributed by atoms with E-state index in [0.29, 0.717) is 34.9 Å². The van der Waals surface area contributed by atoms with Gasteiger partial charge in [0.1, 0.15) is 23.4 Å². The molecule has 0 saturated heterocycles. The fourth-order valence-corrected chi connectivity index (χ4v) is 3.61. The lowest BCUT2D eigenvalue weighted by Gasteiger charge is -2.10. The Morgan fingerprint density at radius 2 is 2.00 bits per heavy atom. The molecule has 0 aliphatic carbocycles. The SMILES string of the molecule is COc1cc(Nc2nc(-c3nccn3C)nn3cc(-c4ccnc(C=O)c4)c(C)c23)ncn1. The van der Waals surface area contributed by atoms with Crippen LogP contribution in [0.2, 0.25) is 0 Å². The van der Waals surface area contributed by atoms with Gasteiger partial charge < -0.3 is 14.6 Å². The number of aryl methyl sites for hydroxylation is 2. The average molecular weight is 441 g/mol. The lowest BCUT2D eigenvalue weighted by molar-refractivity contribution is 0.111. The van der Waals surface area contributed by atoms with Crippen LogP contribution in [0.3, 0.4) is 0 Å². The van der Waals surface area contributed by atoms with E-state index >= 15 is 0 Å². The van der Waals surface area contributed by atoms with Gasteiger partial charge in [0.15, 0.2) is 17.9 Å². The van der Waals surface area contributed by atoms with E-state index in [1.807, 2.05) is 37.0 Å². The maximum atomic E-state index is 11.2. The van der Waals surface area contributed by atoms with Crippen LogP contribution < -0.4 is 10.1 Å². The molecule has 5 rings (SSSR count). The van der Waals surface area contributed by atoms with Gasteiger partial charge in [0, 0.05) is 43.5 Å². The number of pyridine rings is 1.